The minimum absolute atomic E-state index is 0.0281. The van der Waals surface area contributed by atoms with Crippen LogP contribution >= 0.6 is 0 Å². The van der Waals surface area contributed by atoms with E-state index in [0.717, 1.165) is 43.9 Å². The predicted octanol–water partition coefficient (Wildman–Crippen LogP) is 2.62. The number of anilines is 1. The zero-order chi connectivity index (χ0) is 29.5. The van der Waals surface area contributed by atoms with Crippen LogP contribution in [0.4, 0.5) is 5.69 Å². The summed E-state index contributed by atoms with van der Waals surface area (Å²) in [7, 11) is 5.04. The van der Waals surface area contributed by atoms with Crippen molar-refractivity contribution < 1.29 is 34.8 Å². The molecular formula is C31H35N3O7. The van der Waals surface area contributed by atoms with Crippen LogP contribution in [0.25, 0.3) is 10.8 Å². The number of likely N-dealkylation sites (tertiary alicyclic amines) is 1. The number of nitrogens with zero attached hydrogens (tertiary/aromatic N) is 2. The van der Waals surface area contributed by atoms with Gasteiger partial charge in [-0.2, -0.15) is 0 Å². The predicted molar refractivity (Wildman–Crippen MR) is 152 cm³/mol. The van der Waals surface area contributed by atoms with Gasteiger partial charge in [0.25, 0.3) is 0 Å². The Hall–Kier alpha value is -3.73. The van der Waals surface area contributed by atoms with Gasteiger partial charge in [0.2, 0.25) is 5.78 Å². The molecule has 3 aliphatic carbocycles. The van der Waals surface area contributed by atoms with Gasteiger partial charge in [-0.25, -0.2) is 0 Å². The van der Waals surface area contributed by atoms with Gasteiger partial charge in [0.05, 0.1) is 11.6 Å². The maximum atomic E-state index is 14.2. The number of aromatic hydroxyl groups is 1. The molecule has 0 spiro atoms. The molecule has 1 saturated heterocycles. The van der Waals surface area contributed by atoms with E-state index in [1.807, 2.05) is 18.2 Å². The topological polar surface area (TPSA) is 151 Å². The average molecular weight is 562 g/mol. The number of rotatable bonds is 5. The molecule has 0 radical (unpaired) electrons. The number of carbonyl (C=O) groups excluding carboxylic acids is 3. The zero-order valence-corrected chi connectivity index (χ0v) is 23.6. The summed E-state index contributed by atoms with van der Waals surface area (Å²) in [4.78, 5) is 44.0. The SMILES string of the molecule is CNc1c2c(c(O)c3cc(CN4CCC4)ccc13)C(=O)C1=C(O)[C@]3(O)C(=O)C(C(C)=O)=C(O)[C@@H](N(C)C)[C@@H]3C[C@@H]1C2. The maximum Gasteiger partial charge on any atom is 0.209 e. The molecular weight excluding hydrogens is 526 g/mol. The number of hydrogen-bond acceptors (Lipinski definition) is 10. The van der Waals surface area contributed by atoms with Gasteiger partial charge >= 0.3 is 0 Å². The van der Waals surface area contributed by atoms with Gasteiger partial charge in [0.15, 0.2) is 17.2 Å². The smallest absolute Gasteiger partial charge is 0.209 e. The van der Waals surface area contributed by atoms with Crippen molar-refractivity contribution in [3.05, 3.63) is 57.6 Å². The second-order valence-corrected chi connectivity index (χ2v) is 12.0. The number of phenols is 1. The number of nitrogens with one attached hydrogen (secondary N) is 1. The largest absolute Gasteiger partial charge is 0.510 e. The minimum Gasteiger partial charge on any atom is -0.510 e. The first kappa shape index (κ1) is 27.4. The maximum absolute atomic E-state index is 14.2. The number of fused-ring (bicyclic) bond motifs is 4. The Morgan fingerprint density at radius 2 is 1.85 bits per heavy atom. The molecule has 0 bridgehead atoms. The standard InChI is InChI=1S/C31H35N3O7/c1-14(35)21-28(38)25(33(3)4)20-12-16-11-19-23(27(37)22(16)30(40)31(20,41)29(21)39)26(36)18-10-15(13-34-8-5-9-34)6-7-17(18)24(19)32-2/h6-7,10,16,20,25,32,36,38,40-41H,5,8-9,11-13H2,1-4H3/t16-,20-,25-,31+/m0/s1. The van der Waals surface area contributed by atoms with Crippen LogP contribution in [0.2, 0.25) is 0 Å². The summed E-state index contributed by atoms with van der Waals surface area (Å²) in [5.41, 5.74) is -0.986. The molecule has 0 saturated carbocycles. The summed E-state index contributed by atoms with van der Waals surface area (Å²) in [5, 5.41) is 50.4. The molecule has 0 aromatic heterocycles. The Kier molecular flexibility index (Phi) is 6.29. The van der Waals surface area contributed by atoms with Crippen LogP contribution in [0.1, 0.15) is 41.3 Å². The highest BCUT2D eigenvalue weighted by atomic mass is 16.3. The van der Waals surface area contributed by atoms with Crippen LogP contribution in [-0.2, 0) is 22.6 Å². The van der Waals surface area contributed by atoms with E-state index < -0.39 is 57.9 Å². The number of allylic oxidation sites excluding steroid dienone is 1. The molecule has 1 heterocycles. The van der Waals surface area contributed by atoms with Crippen molar-refractivity contribution in [2.45, 2.75) is 44.4 Å². The lowest BCUT2D eigenvalue weighted by molar-refractivity contribution is -0.148. The van der Waals surface area contributed by atoms with E-state index in [4.69, 9.17) is 0 Å². The summed E-state index contributed by atoms with van der Waals surface area (Å²) in [6.45, 7) is 3.86. The van der Waals surface area contributed by atoms with Gasteiger partial charge in [0.1, 0.15) is 22.8 Å². The van der Waals surface area contributed by atoms with Crippen molar-refractivity contribution in [3.63, 3.8) is 0 Å². The number of ketones is 3. The quantitative estimate of drug-likeness (QED) is 0.272. The fourth-order valence-corrected chi connectivity index (χ4v) is 7.45. The minimum atomic E-state index is -2.58. The molecule has 10 nitrogen and oxygen atoms in total. The highest BCUT2D eigenvalue weighted by molar-refractivity contribution is 6.25. The summed E-state index contributed by atoms with van der Waals surface area (Å²) in [6, 6.07) is 4.89. The molecule has 1 aliphatic heterocycles. The third kappa shape index (κ3) is 3.70. The van der Waals surface area contributed by atoms with Crippen LogP contribution in [0.3, 0.4) is 0 Å². The molecule has 2 aromatic rings. The molecule has 10 heteroatoms. The fraction of sp³-hybridized carbons (Fsp3) is 0.452. The summed E-state index contributed by atoms with van der Waals surface area (Å²) >= 11 is 0. The van der Waals surface area contributed by atoms with Crippen LogP contribution in [-0.4, -0.2) is 93.5 Å². The third-order valence-electron chi connectivity index (χ3n) is 9.47. The van der Waals surface area contributed by atoms with Crippen molar-refractivity contribution in [3.8, 4) is 5.75 Å². The first-order chi connectivity index (χ1) is 19.4. The van der Waals surface area contributed by atoms with Gasteiger partial charge < -0.3 is 25.7 Å². The fourth-order valence-electron chi connectivity index (χ4n) is 7.45. The Morgan fingerprint density at radius 1 is 1.15 bits per heavy atom. The molecule has 1 fully saturated rings. The van der Waals surface area contributed by atoms with Gasteiger partial charge in [-0.15, -0.1) is 0 Å². The number of phenolic OH excluding ortho intramolecular Hbond substituents is 1. The molecule has 0 amide bonds. The number of aliphatic hydroxyl groups excluding tert-OH is 2. The van der Waals surface area contributed by atoms with Gasteiger partial charge in [-0.1, -0.05) is 12.1 Å². The molecule has 0 unspecified atom stereocenters. The van der Waals surface area contributed by atoms with Crippen LogP contribution in [0.5, 0.6) is 5.75 Å². The second kappa shape index (κ2) is 9.40. The summed E-state index contributed by atoms with van der Waals surface area (Å²) in [6.07, 6.45) is 1.49. The van der Waals surface area contributed by atoms with E-state index in [1.165, 1.54) is 0 Å². The van der Waals surface area contributed by atoms with E-state index in [1.54, 1.807) is 26.0 Å². The van der Waals surface area contributed by atoms with Crippen molar-refractivity contribution in [2.24, 2.45) is 11.8 Å². The number of likely N-dealkylation sites (N-methyl/N-ethyl adjacent to an activating group) is 1. The number of benzene rings is 2. The number of aliphatic hydroxyl groups is 3. The molecule has 6 rings (SSSR count). The van der Waals surface area contributed by atoms with E-state index in [-0.39, 0.29) is 29.7 Å². The van der Waals surface area contributed by atoms with Crippen molar-refractivity contribution in [1.29, 1.82) is 0 Å². The second-order valence-electron chi connectivity index (χ2n) is 12.0. The van der Waals surface area contributed by atoms with Gasteiger partial charge in [-0.3, -0.25) is 24.2 Å². The van der Waals surface area contributed by atoms with Gasteiger partial charge in [-0.05, 0) is 76.5 Å². The van der Waals surface area contributed by atoms with Crippen LogP contribution in [0, 0.1) is 11.8 Å². The lowest BCUT2D eigenvalue weighted by Gasteiger charge is -2.50. The normalized spacial score (nSPS) is 28.0. The number of carbonyl (C=O) groups is 3. The van der Waals surface area contributed by atoms with E-state index in [9.17, 15) is 34.8 Å². The summed E-state index contributed by atoms with van der Waals surface area (Å²) in [5.74, 6) is -5.62. The van der Waals surface area contributed by atoms with Crippen molar-refractivity contribution in [1.82, 2.24) is 9.80 Å². The van der Waals surface area contributed by atoms with Crippen molar-refractivity contribution >= 4 is 33.8 Å². The van der Waals surface area contributed by atoms with E-state index in [0.29, 0.717) is 16.6 Å². The highest BCUT2D eigenvalue weighted by Crippen LogP contribution is 2.54. The lowest BCUT2D eigenvalue weighted by atomic mass is 9.58. The average Bonchev–Trinajstić information content (AvgIpc) is 2.88. The first-order valence-corrected chi connectivity index (χ1v) is 14.0. The molecule has 5 N–H and O–H groups in total. The van der Waals surface area contributed by atoms with E-state index in [2.05, 4.69) is 10.2 Å². The number of hydrogen-bond donors (Lipinski definition) is 5. The highest BCUT2D eigenvalue weighted by Gasteiger charge is 2.63. The lowest BCUT2D eigenvalue weighted by Crippen LogP contribution is -2.63. The van der Waals surface area contributed by atoms with Crippen LogP contribution in [0.15, 0.2) is 40.9 Å². The Balaban J connectivity index is 1.54. The Morgan fingerprint density at radius 3 is 2.44 bits per heavy atom. The summed E-state index contributed by atoms with van der Waals surface area (Å²) < 4.78 is 0. The number of Topliss-reactive ketones (excluding diaryl/α,β-unsaturated/α-hetero) is 3. The zero-order valence-electron chi connectivity index (χ0n) is 23.6. The van der Waals surface area contributed by atoms with Gasteiger partial charge in [0, 0.05) is 41.5 Å². The van der Waals surface area contributed by atoms with E-state index >= 15 is 0 Å². The third-order valence-corrected chi connectivity index (χ3v) is 9.47. The molecule has 41 heavy (non-hydrogen) atoms. The van der Waals surface area contributed by atoms with Crippen molar-refractivity contribution in [2.75, 3.05) is 39.5 Å². The molecule has 4 aliphatic rings. The Labute approximate surface area is 237 Å². The van der Waals surface area contributed by atoms with Crippen LogP contribution < -0.4 is 5.32 Å². The first-order valence-electron chi connectivity index (χ1n) is 14.0. The molecule has 2 aromatic carbocycles. The monoisotopic (exact) mass is 561 g/mol. The Bertz CT molecular complexity index is 1600. The molecule has 4 atom stereocenters. The molecule has 216 valence electrons.